The van der Waals surface area contributed by atoms with E-state index in [2.05, 4.69) is 69.0 Å². The van der Waals surface area contributed by atoms with Crippen LogP contribution >= 0.6 is 0 Å². The van der Waals surface area contributed by atoms with E-state index in [1.807, 2.05) is 0 Å². The Hall–Kier alpha value is -1.82. The molecule has 0 fully saturated rings. The molecule has 0 spiro atoms. The van der Waals surface area contributed by atoms with Gasteiger partial charge in [0.1, 0.15) is 0 Å². The molecule has 1 aromatic rings. The van der Waals surface area contributed by atoms with E-state index in [1.54, 1.807) is 0 Å². The van der Waals surface area contributed by atoms with Crippen LogP contribution in [0.4, 0.5) is 0 Å². The highest BCUT2D eigenvalue weighted by Gasteiger charge is 2.13. The van der Waals surface area contributed by atoms with Crippen molar-refractivity contribution in [1.82, 2.24) is 0 Å². The fraction of sp³-hybridized carbons (Fsp3) is 0.125. The Labute approximate surface area is 97.3 Å². The number of hydrogen-bond donors (Lipinski definition) is 0. The molecule has 0 aromatic heterocycles. The van der Waals surface area contributed by atoms with Crippen molar-refractivity contribution in [3.8, 4) is 0 Å². The van der Waals surface area contributed by atoms with Crippen LogP contribution < -0.4 is 0 Å². The van der Waals surface area contributed by atoms with Crippen LogP contribution in [0.2, 0.25) is 0 Å². The molecule has 80 valence electrons. The van der Waals surface area contributed by atoms with Crippen LogP contribution in [0.25, 0.3) is 11.6 Å². The number of hydrogen-bond acceptors (Lipinski definition) is 0. The van der Waals surface area contributed by atoms with Crippen LogP contribution in [0.5, 0.6) is 0 Å². The highest BCUT2D eigenvalue weighted by atomic mass is 14.2. The summed E-state index contributed by atoms with van der Waals surface area (Å²) < 4.78 is 0. The number of rotatable bonds is 0. The van der Waals surface area contributed by atoms with Gasteiger partial charge in [-0.2, -0.15) is 0 Å². The Bertz CT molecular complexity index is 511. The van der Waals surface area contributed by atoms with Crippen LogP contribution in [0, 0.1) is 0 Å². The van der Waals surface area contributed by atoms with Gasteiger partial charge in [-0.1, -0.05) is 55.1 Å². The molecule has 0 aliphatic heterocycles. The summed E-state index contributed by atoms with van der Waals surface area (Å²) in [6.45, 7) is 8.34. The Morgan fingerprint density at radius 1 is 1.00 bits per heavy atom. The largest absolute Gasteiger partial charge is 0.0905 e. The van der Waals surface area contributed by atoms with Crippen molar-refractivity contribution in [3.63, 3.8) is 0 Å². The summed E-state index contributed by atoms with van der Waals surface area (Å²) in [6, 6.07) is 8.38. The monoisotopic (exact) mass is 208 g/mol. The van der Waals surface area contributed by atoms with E-state index in [0.717, 1.165) is 5.57 Å². The van der Waals surface area contributed by atoms with Crippen LogP contribution in [-0.4, -0.2) is 0 Å². The third-order valence-electron chi connectivity index (χ3n) is 2.96. The van der Waals surface area contributed by atoms with Crippen LogP contribution in [0.3, 0.4) is 0 Å². The topological polar surface area (TPSA) is 0 Å². The molecule has 0 heteroatoms. The molecule has 16 heavy (non-hydrogen) atoms. The second kappa shape index (κ2) is 4.36. The SMILES string of the molecule is C=C1C(=C/C)/C(=C\C)C=Cc2ccccc21. The van der Waals surface area contributed by atoms with Crippen LogP contribution in [-0.2, 0) is 0 Å². The summed E-state index contributed by atoms with van der Waals surface area (Å²) in [5.74, 6) is 0. The zero-order valence-electron chi connectivity index (χ0n) is 9.83. The van der Waals surface area contributed by atoms with Gasteiger partial charge in [-0.3, -0.25) is 0 Å². The molecule has 2 rings (SSSR count). The predicted molar refractivity (Wildman–Crippen MR) is 72.0 cm³/mol. The summed E-state index contributed by atoms with van der Waals surface area (Å²) in [4.78, 5) is 0. The summed E-state index contributed by atoms with van der Waals surface area (Å²) in [5, 5.41) is 0. The van der Waals surface area contributed by atoms with Crippen molar-refractivity contribution in [2.45, 2.75) is 13.8 Å². The molecule has 0 radical (unpaired) electrons. The molecular formula is C16H16. The number of allylic oxidation sites excluding steroid dienone is 6. The quantitative estimate of drug-likeness (QED) is 0.583. The van der Waals surface area contributed by atoms with Gasteiger partial charge < -0.3 is 0 Å². The normalized spacial score (nSPS) is 20.0. The smallest absolute Gasteiger partial charge is 0.0111 e. The molecule has 1 aliphatic rings. The summed E-state index contributed by atoms with van der Waals surface area (Å²) in [5.41, 5.74) is 6.04. The Morgan fingerprint density at radius 3 is 2.44 bits per heavy atom. The van der Waals surface area contributed by atoms with Crippen molar-refractivity contribution in [2.24, 2.45) is 0 Å². The maximum Gasteiger partial charge on any atom is -0.0111 e. The van der Waals surface area contributed by atoms with E-state index in [4.69, 9.17) is 0 Å². The zero-order valence-corrected chi connectivity index (χ0v) is 9.83. The van der Waals surface area contributed by atoms with E-state index in [9.17, 15) is 0 Å². The van der Waals surface area contributed by atoms with Gasteiger partial charge in [-0.25, -0.2) is 0 Å². The number of benzene rings is 1. The lowest BCUT2D eigenvalue weighted by Gasteiger charge is -2.10. The van der Waals surface area contributed by atoms with Crippen molar-refractivity contribution >= 4 is 11.6 Å². The van der Waals surface area contributed by atoms with Crippen LogP contribution in [0.15, 0.2) is 60.2 Å². The summed E-state index contributed by atoms with van der Waals surface area (Å²) >= 11 is 0. The van der Waals surface area contributed by atoms with Crippen LogP contribution in [0.1, 0.15) is 25.0 Å². The first-order valence-electron chi connectivity index (χ1n) is 5.57. The lowest BCUT2D eigenvalue weighted by molar-refractivity contribution is 1.48. The lowest BCUT2D eigenvalue weighted by Crippen LogP contribution is -1.90. The fourth-order valence-electron chi connectivity index (χ4n) is 2.10. The second-order valence-electron chi connectivity index (χ2n) is 3.85. The van der Waals surface area contributed by atoms with Gasteiger partial charge in [-0.15, -0.1) is 0 Å². The van der Waals surface area contributed by atoms with E-state index >= 15 is 0 Å². The molecule has 1 aliphatic carbocycles. The summed E-state index contributed by atoms with van der Waals surface area (Å²) in [6.07, 6.45) is 8.58. The molecule has 0 amide bonds. The third-order valence-corrected chi connectivity index (χ3v) is 2.96. The minimum Gasteiger partial charge on any atom is -0.0905 e. The van der Waals surface area contributed by atoms with Crippen molar-refractivity contribution in [1.29, 1.82) is 0 Å². The molecule has 0 bridgehead atoms. The Kier molecular flexibility index (Phi) is 2.91. The lowest BCUT2D eigenvalue weighted by atomic mass is 9.94. The predicted octanol–water partition coefficient (Wildman–Crippen LogP) is 4.62. The highest BCUT2D eigenvalue weighted by molar-refractivity contribution is 5.90. The first-order valence-corrected chi connectivity index (χ1v) is 5.57. The van der Waals surface area contributed by atoms with Gasteiger partial charge in [0.05, 0.1) is 0 Å². The van der Waals surface area contributed by atoms with E-state index in [0.29, 0.717) is 0 Å². The van der Waals surface area contributed by atoms with Gasteiger partial charge in [0.25, 0.3) is 0 Å². The van der Waals surface area contributed by atoms with Gasteiger partial charge in [0, 0.05) is 0 Å². The van der Waals surface area contributed by atoms with Gasteiger partial charge in [0.2, 0.25) is 0 Å². The highest BCUT2D eigenvalue weighted by Crippen LogP contribution is 2.33. The first kappa shape index (κ1) is 10.7. The minimum absolute atomic E-state index is 1.11. The summed E-state index contributed by atoms with van der Waals surface area (Å²) in [7, 11) is 0. The van der Waals surface area contributed by atoms with E-state index < -0.39 is 0 Å². The van der Waals surface area contributed by atoms with E-state index in [1.165, 1.54) is 22.3 Å². The molecule has 0 N–H and O–H groups in total. The van der Waals surface area contributed by atoms with Gasteiger partial charge >= 0.3 is 0 Å². The fourth-order valence-corrected chi connectivity index (χ4v) is 2.10. The third kappa shape index (κ3) is 1.67. The molecule has 0 saturated carbocycles. The van der Waals surface area contributed by atoms with E-state index in [-0.39, 0.29) is 0 Å². The van der Waals surface area contributed by atoms with Crippen molar-refractivity contribution in [3.05, 3.63) is 71.3 Å². The maximum absolute atomic E-state index is 4.22. The van der Waals surface area contributed by atoms with Gasteiger partial charge in [0.15, 0.2) is 0 Å². The average Bonchev–Trinajstić information content (AvgIpc) is 2.46. The molecule has 0 nitrogen and oxygen atoms in total. The van der Waals surface area contributed by atoms with Crippen molar-refractivity contribution < 1.29 is 0 Å². The molecule has 0 unspecified atom stereocenters. The molecule has 0 atom stereocenters. The molecule has 0 saturated heterocycles. The van der Waals surface area contributed by atoms with Gasteiger partial charge in [-0.05, 0) is 41.7 Å². The molecular weight excluding hydrogens is 192 g/mol. The Morgan fingerprint density at radius 2 is 1.75 bits per heavy atom. The molecule has 0 heterocycles. The second-order valence-corrected chi connectivity index (χ2v) is 3.85. The Balaban J connectivity index is 2.66. The van der Waals surface area contributed by atoms with Crippen molar-refractivity contribution in [2.75, 3.05) is 0 Å². The minimum atomic E-state index is 1.11. The zero-order chi connectivity index (χ0) is 11.5. The number of fused-ring (bicyclic) bond motifs is 1. The first-order chi connectivity index (χ1) is 7.77. The maximum atomic E-state index is 4.22. The standard InChI is InChI=1S/C16H16/c1-4-13-10-11-14-8-6-7-9-16(14)12(3)15(13)5-2/h4-11H,3H2,1-2H3/b13-4-,15-5-. The average molecular weight is 208 g/mol. The molecule has 1 aromatic carbocycles.